The molecule has 1 rings (SSSR count). The molecule has 0 saturated carbocycles. The van der Waals surface area contributed by atoms with Gasteiger partial charge in [0, 0.05) is 5.57 Å². The lowest BCUT2D eigenvalue weighted by atomic mass is 10.2. The molecule has 0 aliphatic rings. The Morgan fingerprint density at radius 1 is 1.39 bits per heavy atom. The fourth-order valence-corrected chi connectivity index (χ4v) is 1.84. The number of rotatable bonds is 4. The van der Waals surface area contributed by atoms with Crippen LogP contribution in [0.3, 0.4) is 0 Å². The van der Waals surface area contributed by atoms with Gasteiger partial charge in [-0.1, -0.05) is 6.58 Å². The van der Waals surface area contributed by atoms with Gasteiger partial charge in [-0.05, 0) is 37.6 Å². The molecule has 5 nitrogen and oxygen atoms in total. The van der Waals surface area contributed by atoms with E-state index in [1.165, 1.54) is 12.1 Å². The summed E-state index contributed by atoms with van der Waals surface area (Å²) in [5, 5.41) is 0. The van der Waals surface area contributed by atoms with Crippen molar-refractivity contribution in [3.8, 4) is 5.75 Å². The van der Waals surface area contributed by atoms with E-state index in [4.69, 9.17) is 4.74 Å². The smallest absolute Gasteiger partial charge is 0.338 e. The number of hydrogen-bond acceptors (Lipinski definition) is 4. The van der Waals surface area contributed by atoms with E-state index < -0.39 is 16.0 Å². The fourth-order valence-electron chi connectivity index (χ4n) is 1.21. The Balaban J connectivity index is 2.93. The summed E-state index contributed by atoms with van der Waals surface area (Å²) in [5.74, 6) is -0.169. The van der Waals surface area contributed by atoms with E-state index in [1.54, 1.807) is 19.9 Å². The van der Waals surface area contributed by atoms with E-state index in [2.05, 4.69) is 11.3 Å². The molecule has 98 valence electrons. The van der Waals surface area contributed by atoms with Gasteiger partial charge in [0.05, 0.1) is 11.9 Å². The van der Waals surface area contributed by atoms with E-state index in [0.717, 1.165) is 6.26 Å². The normalized spacial score (nSPS) is 10.8. The van der Waals surface area contributed by atoms with Gasteiger partial charge in [0.2, 0.25) is 10.0 Å². The summed E-state index contributed by atoms with van der Waals surface area (Å²) < 4.78 is 29.6. The molecular formula is C12H15NO4S. The van der Waals surface area contributed by atoms with Crippen molar-refractivity contribution in [2.45, 2.75) is 13.8 Å². The maximum Gasteiger partial charge on any atom is 0.338 e. The van der Waals surface area contributed by atoms with Crippen LogP contribution in [0.4, 0.5) is 5.69 Å². The molecule has 0 spiro atoms. The highest BCUT2D eigenvalue weighted by Crippen LogP contribution is 2.22. The molecule has 1 N–H and O–H groups in total. The summed E-state index contributed by atoms with van der Waals surface area (Å²) in [5.41, 5.74) is 1.41. The van der Waals surface area contributed by atoms with Gasteiger partial charge in [0.25, 0.3) is 0 Å². The van der Waals surface area contributed by atoms with Crippen molar-refractivity contribution in [3.05, 3.63) is 35.9 Å². The standard InChI is InChI=1S/C12H15NO4S/c1-8(2)12(14)17-10-5-6-11(9(3)7-10)13-18(4,15)16/h5-7,13H,1H2,2-4H3. The average molecular weight is 269 g/mol. The molecule has 18 heavy (non-hydrogen) atoms. The number of anilines is 1. The molecule has 0 saturated heterocycles. The third-order valence-corrected chi connectivity index (χ3v) is 2.64. The molecule has 0 amide bonds. The third-order valence-electron chi connectivity index (χ3n) is 2.05. The monoisotopic (exact) mass is 269 g/mol. The van der Waals surface area contributed by atoms with Crippen molar-refractivity contribution >= 4 is 21.7 Å². The van der Waals surface area contributed by atoms with E-state index >= 15 is 0 Å². The van der Waals surface area contributed by atoms with Gasteiger partial charge >= 0.3 is 5.97 Å². The van der Waals surface area contributed by atoms with Crippen molar-refractivity contribution in [1.29, 1.82) is 0 Å². The lowest BCUT2D eigenvalue weighted by Crippen LogP contribution is -2.11. The molecule has 1 aromatic carbocycles. The number of esters is 1. The largest absolute Gasteiger partial charge is 0.423 e. The SMILES string of the molecule is C=C(C)C(=O)Oc1ccc(NS(C)(=O)=O)c(C)c1. The van der Waals surface area contributed by atoms with Crippen molar-refractivity contribution in [1.82, 2.24) is 0 Å². The first-order valence-corrected chi connectivity index (χ1v) is 7.04. The van der Waals surface area contributed by atoms with Crippen molar-refractivity contribution < 1.29 is 17.9 Å². The number of aryl methyl sites for hydroxylation is 1. The molecule has 0 fully saturated rings. The second-order valence-corrected chi connectivity index (χ2v) is 5.77. The maximum atomic E-state index is 11.3. The van der Waals surface area contributed by atoms with Crippen LogP contribution in [0, 0.1) is 6.92 Å². The van der Waals surface area contributed by atoms with Crippen LogP contribution in [0.1, 0.15) is 12.5 Å². The molecule has 0 heterocycles. The van der Waals surface area contributed by atoms with Gasteiger partial charge in [0.15, 0.2) is 0 Å². The minimum Gasteiger partial charge on any atom is -0.423 e. The predicted octanol–water partition coefficient (Wildman–Crippen LogP) is 1.85. The van der Waals surface area contributed by atoms with Gasteiger partial charge in [0.1, 0.15) is 5.75 Å². The maximum absolute atomic E-state index is 11.3. The highest BCUT2D eigenvalue weighted by Gasteiger charge is 2.09. The van der Waals surface area contributed by atoms with Crippen LogP contribution in [0.5, 0.6) is 5.75 Å². The zero-order valence-corrected chi connectivity index (χ0v) is 11.3. The summed E-state index contributed by atoms with van der Waals surface area (Å²) in [6.45, 7) is 6.74. The van der Waals surface area contributed by atoms with Gasteiger partial charge < -0.3 is 4.74 Å². The molecular weight excluding hydrogens is 254 g/mol. The molecule has 0 radical (unpaired) electrons. The van der Waals surface area contributed by atoms with E-state index in [1.807, 2.05) is 0 Å². The lowest BCUT2D eigenvalue weighted by Gasteiger charge is -2.10. The highest BCUT2D eigenvalue weighted by molar-refractivity contribution is 7.92. The molecule has 0 unspecified atom stereocenters. The van der Waals surface area contributed by atoms with E-state index in [9.17, 15) is 13.2 Å². The first kappa shape index (κ1) is 14.2. The summed E-state index contributed by atoms with van der Waals surface area (Å²) in [6.07, 6.45) is 1.07. The molecule has 0 aliphatic heterocycles. The molecule has 0 atom stereocenters. The third kappa shape index (κ3) is 4.21. The number of nitrogens with one attached hydrogen (secondary N) is 1. The van der Waals surface area contributed by atoms with Crippen LogP contribution in [-0.2, 0) is 14.8 Å². The molecule has 0 aliphatic carbocycles. The minimum absolute atomic E-state index is 0.297. The Morgan fingerprint density at radius 2 is 2.00 bits per heavy atom. The van der Waals surface area contributed by atoms with Crippen LogP contribution in [0.25, 0.3) is 0 Å². The fraction of sp³-hybridized carbons (Fsp3) is 0.250. The number of hydrogen-bond donors (Lipinski definition) is 1. The lowest BCUT2D eigenvalue weighted by molar-refractivity contribution is -0.130. The first-order chi connectivity index (χ1) is 8.19. The molecule has 0 aromatic heterocycles. The van der Waals surface area contributed by atoms with Gasteiger partial charge in [-0.25, -0.2) is 13.2 Å². The summed E-state index contributed by atoms with van der Waals surface area (Å²) >= 11 is 0. The zero-order chi connectivity index (χ0) is 13.9. The molecule has 0 bridgehead atoms. The Hall–Kier alpha value is -1.82. The van der Waals surface area contributed by atoms with Crippen LogP contribution in [0.15, 0.2) is 30.4 Å². The zero-order valence-electron chi connectivity index (χ0n) is 10.5. The number of benzene rings is 1. The Kier molecular flexibility index (Phi) is 4.13. The van der Waals surface area contributed by atoms with Crippen molar-refractivity contribution in [3.63, 3.8) is 0 Å². The number of ether oxygens (including phenoxy) is 1. The summed E-state index contributed by atoms with van der Waals surface area (Å²) in [4.78, 5) is 11.3. The van der Waals surface area contributed by atoms with Gasteiger partial charge in [-0.15, -0.1) is 0 Å². The molecule has 1 aromatic rings. The average Bonchev–Trinajstić information content (AvgIpc) is 2.20. The quantitative estimate of drug-likeness (QED) is 0.514. The predicted molar refractivity (Wildman–Crippen MR) is 70.1 cm³/mol. The van der Waals surface area contributed by atoms with Crippen molar-refractivity contribution in [2.24, 2.45) is 0 Å². The van der Waals surface area contributed by atoms with Gasteiger partial charge in [-0.3, -0.25) is 4.72 Å². The highest BCUT2D eigenvalue weighted by atomic mass is 32.2. The summed E-state index contributed by atoms with van der Waals surface area (Å²) in [6, 6.07) is 4.63. The van der Waals surface area contributed by atoms with E-state index in [0.29, 0.717) is 22.6 Å². The number of sulfonamides is 1. The van der Waals surface area contributed by atoms with Crippen molar-refractivity contribution in [2.75, 3.05) is 11.0 Å². The number of carbonyl (C=O) groups is 1. The summed E-state index contributed by atoms with van der Waals surface area (Å²) in [7, 11) is -3.32. The Bertz CT molecular complexity index is 590. The topological polar surface area (TPSA) is 72.5 Å². The first-order valence-electron chi connectivity index (χ1n) is 5.15. The second kappa shape index (κ2) is 5.22. The number of carbonyl (C=O) groups excluding carboxylic acids is 1. The minimum atomic E-state index is -3.32. The van der Waals surface area contributed by atoms with Crippen LogP contribution in [0.2, 0.25) is 0 Å². The van der Waals surface area contributed by atoms with Crippen LogP contribution >= 0.6 is 0 Å². The van der Waals surface area contributed by atoms with Crippen LogP contribution < -0.4 is 9.46 Å². The Morgan fingerprint density at radius 3 is 2.44 bits per heavy atom. The van der Waals surface area contributed by atoms with E-state index in [-0.39, 0.29) is 0 Å². The van der Waals surface area contributed by atoms with Gasteiger partial charge in [-0.2, -0.15) is 0 Å². The Labute approximate surface area is 107 Å². The molecule has 6 heteroatoms. The second-order valence-electron chi connectivity index (χ2n) is 4.02. The van der Waals surface area contributed by atoms with Crippen LogP contribution in [-0.4, -0.2) is 20.6 Å².